The number of carbonyl (C=O) groups excluding carboxylic acids is 1. The standard InChI is InChI=1S/C22H22ClN3O2/c1-28-18-10-8-17(9-11-18)24-22(27)20-7-4-12-26(20)14-16-13-15-5-2-3-6-19(15)25-21(16)23/h2-3,5-6,8-11,13,20H,4,7,12,14H2,1H3,(H,24,27). The summed E-state index contributed by atoms with van der Waals surface area (Å²) >= 11 is 6.42. The molecule has 6 heteroatoms. The fourth-order valence-electron chi connectivity index (χ4n) is 3.68. The van der Waals surface area contributed by atoms with Crippen molar-refractivity contribution in [2.45, 2.75) is 25.4 Å². The highest BCUT2D eigenvalue weighted by molar-refractivity contribution is 6.30. The van der Waals surface area contributed by atoms with Crippen molar-refractivity contribution in [2.75, 3.05) is 19.0 Å². The highest BCUT2D eigenvalue weighted by atomic mass is 35.5. The number of carbonyl (C=O) groups is 1. The number of likely N-dealkylation sites (tertiary alicyclic amines) is 1. The van der Waals surface area contributed by atoms with Crippen molar-refractivity contribution in [3.63, 3.8) is 0 Å². The van der Waals surface area contributed by atoms with Crippen molar-refractivity contribution in [3.05, 3.63) is 65.3 Å². The Kier molecular flexibility index (Phi) is 5.46. The molecule has 0 radical (unpaired) electrons. The van der Waals surface area contributed by atoms with Crippen LogP contribution >= 0.6 is 11.6 Å². The summed E-state index contributed by atoms with van der Waals surface area (Å²) in [5.74, 6) is 0.770. The molecular weight excluding hydrogens is 374 g/mol. The van der Waals surface area contributed by atoms with Crippen LogP contribution in [0.2, 0.25) is 5.15 Å². The second-order valence-electron chi connectivity index (χ2n) is 6.98. The number of halogens is 1. The number of hydrogen-bond donors (Lipinski definition) is 1. The Balaban J connectivity index is 1.48. The van der Waals surface area contributed by atoms with E-state index in [1.54, 1.807) is 7.11 Å². The van der Waals surface area contributed by atoms with E-state index in [4.69, 9.17) is 16.3 Å². The molecule has 1 amide bonds. The molecule has 2 heterocycles. The summed E-state index contributed by atoms with van der Waals surface area (Å²) in [6.07, 6.45) is 1.82. The monoisotopic (exact) mass is 395 g/mol. The van der Waals surface area contributed by atoms with E-state index in [0.29, 0.717) is 11.7 Å². The van der Waals surface area contributed by atoms with Gasteiger partial charge in [-0.1, -0.05) is 29.8 Å². The SMILES string of the molecule is COc1ccc(NC(=O)C2CCCN2Cc2cc3ccccc3nc2Cl)cc1. The van der Waals surface area contributed by atoms with E-state index in [9.17, 15) is 4.79 Å². The Morgan fingerprint density at radius 1 is 1.25 bits per heavy atom. The second kappa shape index (κ2) is 8.17. The third kappa shape index (κ3) is 3.96. The molecule has 1 atom stereocenters. The molecule has 28 heavy (non-hydrogen) atoms. The Hall–Kier alpha value is -2.63. The zero-order chi connectivity index (χ0) is 19.5. The number of pyridine rings is 1. The van der Waals surface area contributed by atoms with E-state index in [2.05, 4.69) is 21.3 Å². The molecule has 1 unspecified atom stereocenters. The van der Waals surface area contributed by atoms with Gasteiger partial charge >= 0.3 is 0 Å². The van der Waals surface area contributed by atoms with E-state index in [1.807, 2.05) is 48.5 Å². The third-order valence-electron chi connectivity index (χ3n) is 5.15. The van der Waals surface area contributed by atoms with Gasteiger partial charge in [0.25, 0.3) is 0 Å². The highest BCUT2D eigenvalue weighted by Crippen LogP contribution is 2.26. The predicted molar refractivity (Wildman–Crippen MR) is 112 cm³/mol. The minimum Gasteiger partial charge on any atom is -0.497 e. The average Bonchev–Trinajstić information content (AvgIpc) is 3.17. The lowest BCUT2D eigenvalue weighted by atomic mass is 10.1. The highest BCUT2D eigenvalue weighted by Gasteiger charge is 2.31. The van der Waals surface area contributed by atoms with Gasteiger partial charge in [-0.2, -0.15) is 0 Å². The third-order valence-corrected chi connectivity index (χ3v) is 5.47. The number of ether oxygens (including phenoxy) is 1. The van der Waals surface area contributed by atoms with Crippen molar-refractivity contribution >= 4 is 34.1 Å². The van der Waals surface area contributed by atoms with E-state index < -0.39 is 0 Å². The van der Waals surface area contributed by atoms with E-state index in [-0.39, 0.29) is 11.9 Å². The van der Waals surface area contributed by atoms with Gasteiger partial charge in [0, 0.05) is 23.2 Å². The molecule has 1 saturated heterocycles. The maximum absolute atomic E-state index is 12.8. The summed E-state index contributed by atoms with van der Waals surface area (Å²) in [4.78, 5) is 19.5. The van der Waals surface area contributed by atoms with Gasteiger partial charge in [0.05, 0.1) is 18.7 Å². The molecule has 1 aliphatic heterocycles. The van der Waals surface area contributed by atoms with Gasteiger partial charge in [0.2, 0.25) is 5.91 Å². The first-order valence-corrected chi connectivity index (χ1v) is 9.75. The second-order valence-corrected chi connectivity index (χ2v) is 7.34. The number of hydrogen-bond acceptors (Lipinski definition) is 4. The van der Waals surface area contributed by atoms with Gasteiger partial charge in [0.1, 0.15) is 10.9 Å². The molecular formula is C22H22ClN3O2. The molecule has 0 spiro atoms. The van der Waals surface area contributed by atoms with Crippen molar-refractivity contribution < 1.29 is 9.53 Å². The summed E-state index contributed by atoms with van der Waals surface area (Å²) in [5.41, 5.74) is 2.60. The molecule has 5 nitrogen and oxygen atoms in total. The lowest BCUT2D eigenvalue weighted by Gasteiger charge is -2.24. The average molecular weight is 396 g/mol. The fraction of sp³-hybridized carbons (Fsp3) is 0.273. The molecule has 0 bridgehead atoms. The first-order valence-electron chi connectivity index (χ1n) is 9.37. The fourth-order valence-corrected chi connectivity index (χ4v) is 3.88. The number of fused-ring (bicyclic) bond motifs is 1. The molecule has 0 saturated carbocycles. The Morgan fingerprint density at radius 3 is 2.82 bits per heavy atom. The quantitative estimate of drug-likeness (QED) is 0.646. The van der Waals surface area contributed by atoms with Crippen LogP contribution in [0, 0.1) is 0 Å². The van der Waals surface area contributed by atoms with E-state index in [1.165, 1.54) is 0 Å². The number of rotatable bonds is 5. The lowest BCUT2D eigenvalue weighted by molar-refractivity contribution is -0.120. The first-order chi connectivity index (χ1) is 13.6. The van der Waals surface area contributed by atoms with E-state index >= 15 is 0 Å². The topological polar surface area (TPSA) is 54.5 Å². The van der Waals surface area contributed by atoms with Crippen LogP contribution in [0.15, 0.2) is 54.6 Å². The van der Waals surface area contributed by atoms with Crippen LogP contribution in [0.5, 0.6) is 5.75 Å². The van der Waals surface area contributed by atoms with Gasteiger partial charge in [-0.05, 0) is 55.8 Å². The Bertz CT molecular complexity index is 991. The van der Waals surface area contributed by atoms with Crippen molar-refractivity contribution in [1.82, 2.24) is 9.88 Å². The minimum absolute atomic E-state index is 0.00698. The van der Waals surface area contributed by atoms with Gasteiger partial charge in [-0.15, -0.1) is 0 Å². The van der Waals surface area contributed by atoms with Crippen LogP contribution in [-0.4, -0.2) is 35.5 Å². The van der Waals surface area contributed by atoms with Crippen LogP contribution in [0.25, 0.3) is 10.9 Å². The largest absolute Gasteiger partial charge is 0.497 e. The number of nitrogens with one attached hydrogen (secondary N) is 1. The van der Waals surface area contributed by atoms with Crippen LogP contribution in [0.1, 0.15) is 18.4 Å². The zero-order valence-electron chi connectivity index (χ0n) is 15.7. The van der Waals surface area contributed by atoms with Crippen LogP contribution in [-0.2, 0) is 11.3 Å². The maximum Gasteiger partial charge on any atom is 0.241 e. The maximum atomic E-state index is 12.8. The molecule has 1 N–H and O–H groups in total. The molecule has 4 rings (SSSR count). The Labute approximate surface area is 169 Å². The summed E-state index contributed by atoms with van der Waals surface area (Å²) in [6, 6.07) is 17.2. The summed E-state index contributed by atoms with van der Waals surface area (Å²) in [7, 11) is 1.62. The number of amides is 1. The van der Waals surface area contributed by atoms with Gasteiger partial charge in [0.15, 0.2) is 0 Å². The molecule has 2 aromatic carbocycles. The predicted octanol–water partition coefficient (Wildman–Crippen LogP) is 4.50. The van der Waals surface area contributed by atoms with Gasteiger partial charge < -0.3 is 10.1 Å². The van der Waals surface area contributed by atoms with Crippen LogP contribution < -0.4 is 10.1 Å². The van der Waals surface area contributed by atoms with E-state index in [0.717, 1.165) is 47.3 Å². The number of para-hydroxylation sites is 1. The van der Waals surface area contributed by atoms with Crippen molar-refractivity contribution in [3.8, 4) is 5.75 Å². The Morgan fingerprint density at radius 2 is 2.04 bits per heavy atom. The molecule has 0 aliphatic carbocycles. The minimum atomic E-state index is -0.176. The normalized spacial score (nSPS) is 17.0. The molecule has 1 aromatic heterocycles. The van der Waals surface area contributed by atoms with Gasteiger partial charge in [-0.3, -0.25) is 9.69 Å². The molecule has 1 aliphatic rings. The number of anilines is 1. The van der Waals surface area contributed by atoms with Gasteiger partial charge in [-0.25, -0.2) is 4.98 Å². The summed E-state index contributed by atoms with van der Waals surface area (Å²) in [6.45, 7) is 1.47. The summed E-state index contributed by atoms with van der Waals surface area (Å²) in [5, 5.41) is 4.57. The smallest absolute Gasteiger partial charge is 0.241 e. The molecule has 1 fully saturated rings. The number of aromatic nitrogens is 1. The van der Waals surface area contributed by atoms with Crippen molar-refractivity contribution in [1.29, 1.82) is 0 Å². The zero-order valence-corrected chi connectivity index (χ0v) is 16.4. The number of methoxy groups -OCH3 is 1. The summed E-state index contributed by atoms with van der Waals surface area (Å²) < 4.78 is 5.16. The van der Waals surface area contributed by atoms with Crippen LogP contribution in [0.3, 0.4) is 0 Å². The number of benzene rings is 2. The van der Waals surface area contributed by atoms with Crippen molar-refractivity contribution in [2.24, 2.45) is 0 Å². The van der Waals surface area contributed by atoms with Crippen LogP contribution in [0.4, 0.5) is 5.69 Å². The first kappa shape index (κ1) is 18.7. The number of nitrogens with zero attached hydrogens (tertiary/aromatic N) is 2. The lowest BCUT2D eigenvalue weighted by Crippen LogP contribution is -2.39. The molecule has 144 valence electrons. The molecule has 3 aromatic rings.